The van der Waals surface area contributed by atoms with E-state index in [0.717, 1.165) is 40.6 Å². The number of rotatable bonds is 6. The van der Waals surface area contributed by atoms with Crippen LogP contribution in [-0.2, 0) is 16.2 Å². The second-order valence-electron chi connectivity index (χ2n) is 12.0. The Labute approximate surface area is 253 Å². The van der Waals surface area contributed by atoms with Crippen molar-refractivity contribution in [3.63, 3.8) is 0 Å². The summed E-state index contributed by atoms with van der Waals surface area (Å²) in [6.45, 7) is 0.993. The first-order chi connectivity index (χ1) is 21.4. The largest absolute Gasteiger partial charge is 0.496 e. The van der Waals surface area contributed by atoms with E-state index in [2.05, 4.69) is 16.0 Å². The SMILES string of the molecule is COc1cc(CC(=O)N2CCC3(CC2)CC(=O)c2cc(-c4cccc(C(=O)OF)c4)ccc2O3)cc2c(C3CC3)nccc12. The van der Waals surface area contributed by atoms with Crippen LogP contribution in [0.5, 0.6) is 11.5 Å². The van der Waals surface area contributed by atoms with Gasteiger partial charge in [-0.2, -0.15) is 0 Å². The summed E-state index contributed by atoms with van der Waals surface area (Å²) in [4.78, 5) is 48.3. The molecule has 1 aromatic heterocycles. The second kappa shape index (κ2) is 11.0. The molecule has 3 aromatic carbocycles. The van der Waals surface area contributed by atoms with Gasteiger partial charge in [-0.3, -0.25) is 14.6 Å². The quantitative estimate of drug-likeness (QED) is 0.255. The van der Waals surface area contributed by atoms with Gasteiger partial charge in [-0.15, -0.1) is 0 Å². The number of ether oxygens (including phenoxy) is 2. The van der Waals surface area contributed by atoms with E-state index < -0.39 is 11.6 Å². The predicted molar refractivity (Wildman–Crippen MR) is 160 cm³/mol. The number of carbonyl (C=O) groups is 3. The van der Waals surface area contributed by atoms with Gasteiger partial charge in [0.15, 0.2) is 5.78 Å². The summed E-state index contributed by atoms with van der Waals surface area (Å²) in [5, 5.41) is 2.07. The van der Waals surface area contributed by atoms with E-state index in [0.29, 0.717) is 54.3 Å². The number of aromatic nitrogens is 1. The fraction of sp³-hybridized carbons (Fsp3) is 0.314. The third-order valence-corrected chi connectivity index (χ3v) is 9.09. The Morgan fingerprint density at radius 1 is 1.02 bits per heavy atom. The lowest BCUT2D eigenvalue weighted by Gasteiger charge is -2.44. The Kier molecular flexibility index (Phi) is 7.03. The Morgan fingerprint density at radius 2 is 1.82 bits per heavy atom. The molecular weight excluding hydrogens is 563 g/mol. The smallest absolute Gasteiger partial charge is 0.379 e. The van der Waals surface area contributed by atoms with E-state index in [1.54, 1.807) is 31.4 Å². The van der Waals surface area contributed by atoms with Crippen LogP contribution in [-0.4, -0.2) is 53.3 Å². The van der Waals surface area contributed by atoms with E-state index in [4.69, 9.17) is 9.47 Å². The number of carbonyl (C=O) groups excluding carboxylic acids is 3. The lowest BCUT2D eigenvalue weighted by molar-refractivity contribution is -0.134. The maximum Gasteiger partial charge on any atom is 0.379 e. The monoisotopic (exact) mass is 594 g/mol. The highest BCUT2D eigenvalue weighted by Gasteiger charge is 2.43. The number of fused-ring (bicyclic) bond motifs is 2. The fourth-order valence-corrected chi connectivity index (χ4v) is 6.55. The number of benzene rings is 3. The lowest BCUT2D eigenvalue weighted by Crippen LogP contribution is -2.52. The van der Waals surface area contributed by atoms with E-state index in [-0.39, 0.29) is 30.1 Å². The molecule has 3 aliphatic rings. The molecule has 0 radical (unpaired) electrons. The predicted octanol–water partition coefficient (Wildman–Crippen LogP) is 6.40. The minimum atomic E-state index is -1.08. The Balaban J connectivity index is 1.04. The van der Waals surface area contributed by atoms with Gasteiger partial charge in [-0.05, 0) is 72.0 Å². The minimum Gasteiger partial charge on any atom is -0.496 e. The van der Waals surface area contributed by atoms with Gasteiger partial charge in [0, 0.05) is 53.3 Å². The van der Waals surface area contributed by atoms with Crippen molar-refractivity contribution in [1.82, 2.24) is 9.88 Å². The van der Waals surface area contributed by atoms with Crippen molar-refractivity contribution in [3.05, 3.63) is 89.2 Å². The molecule has 4 aromatic rings. The lowest BCUT2D eigenvalue weighted by atomic mass is 9.82. The number of Topliss-reactive ketones (excluding diaryl/α,β-unsaturated/α-hetero) is 1. The summed E-state index contributed by atoms with van der Waals surface area (Å²) in [5.74, 6) is 0.653. The van der Waals surface area contributed by atoms with Crippen molar-refractivity contribution in [3.8, 4) is 22.6 Å². The number of pyridine rings is 1. The number of ketones is 1. The van der Waals surface area contributed by atoms with Crippen LogP contribution >= 0.6 is 0 Å². The highest BCUT2D eigenvalue weighted by Crippen LogP contribution is 2.44. The first-order valence-corrected chi connectivity index (χ1v) is 14.9. The third-order valence-electron chi connectivity index (χ3n) is 9.09. The van der Waals surface area contributed by atoms with E-state index in [1.807, 2.05) is 29.3 Å². The number of methoxy groups -OCH3 is 1. The van der Waals surface area contributed by atoms with Crippen molar-refractivity contribution < 1.29 is 33.3 Å². The average molecular weight is 595 g/mol. The van der Waals surface area contributed by atoms with E-state index in [9.17, 15) is 18.9 Å². The van der Waals surface area contributed by atoms with Gasteiger partial charge in [0.05, 0.1) is 36.8 Å². The molecule has 44 heavy (non-hydrogen) atoms. The van der Waals surface area contributed by atoms with Crippen LogP contribution in [0.4, 0.5) is 4.53 Å². The summed E-state index contributed by atoms with van der Waals surface area (Å²) in [7, 11) is 1.65. The second-order valence-corrected chi connectivity index (χ2v) is 12.0. The van der Waals surface area contributed by atoms with Gasteiger partial charge in [-0.25, -0.2) is 9.74 Å². The zero-order chi connectivity index (χ0) is 30.4. The summed E-state index contributed by atoms with van der Waals surface area (Å²) in [5.41, 5.74) is 3.22. The molecule has 2 fully saturated rings. The van der Waals surface area contributed by atoms with Crippen LogP contribution in [0, 0.1) is 0 Å². The molecule has 0 unspecified atom stereocenters. The zero-order valence-corrected chi connectivity index (χ0v) is 24.3. The van der Waals surface area contributed by atoms with Crippen LogP contribution < -0.4 is 9.47 Å². The van der Waals surface area contributed by atoms with Crippen LogP contribution in [0.15, 0.2) is 66.9 Å². The fourth-order valence-electron chi connectivity index (χ4n) is 6.55. The zero-order valence-electron chi connectivity index (χ0n) is 24.3. The third kappa shape index (κ3) is 5.16. The molecule has 1 saturated heterocycles. The number of hydrogen-bond donors (Lipinski definition) is 0. The molecule has 9 heteroatoms. The van der Waals surface area contributed by atoms with E-state index >= 15 is 0 Å². The van der Waals surface area contributed by atoms with Gasteiger partial charge < -0.3 is 14.4 Å². The first kappa shape index (κ1) is 28.0. The van der Waals surface area contributed by atoms with Crippen molar-refractivity contribution in [2.24, 2.45) is 0 Å². The molecule has 1 aliphatic carbocycles. The summed E-state index contributed by atoms with van der Waals surface area (Å²) in [6.07, 6.45) is 5.68. The molecule has 0 N–H and O–H groups in total. The molecular formula is C35H31FN2O6. The molecule has 1 amide bonds. The average Bonchev–Trinajstić information content (AvgIpc) is 3.89. The molecule has 2 aliphatic heterocycles. The number of nitrogens with zero attached hydrogens (tertiary/aromatic N) is 2. The number of piperidine rings is 1. The topological polar surface area (TPSA) is 95.0 Å². The first-order valence-electron chi connectivity index (χ1n) is 14.9. The van der Waals surface area contributed by atoms with Crippen molar-refractivity contribution in [2.75, 3.05) is 20.2 Å². The van der Waals surface area contributed by atoms with Crippen LogP contribution in [0.2, 0.25) is 0 Å². The Hall–Kier alpha value is -4.79. The van der Waals surface area contributed by atoms with Crippen molar-refractivity contribution >= 4 is 28.4 Å². The molecule has 1 saturated carbocycles. The van der Waals surface area contributed by atoms with Gasteiger partial charge >= 0.3 is 5.97 Å². The normalized spacial score (nSPS) is 17.2. The van der Waals surface area contributed by atoms with Crippen molar-refractivity contribution in [2.45, 2.75) is 50.0 Å². The maximum absolute atomic E-state index is 13.4. The molecule has 0 atom stereocenters. The standard InChI is InChI=1S/C35H31FN2O6/c1-42-31-16-21(15-27-26(31)9-12-37-33(27)22-5-6-22)17-32(40)38-13-10-35(11-14-38)20-29(39)28-19-24(7-8-30(28)43-35)23-3-2-4-25(18-23)34(41)44-36/h2-4,7-9,12,15-16,18-19,22H,5-6,10-11,13-14,17,20H2,1H3. The summed E-state index contributed by atoms with van der Waals surface area (Å²) < 4.78 is 24.5. The Morgan fingerprint density at radius 3 is 2.57 bits per heavy atom. The van der Waals surface area contributed by atoms with Gasteiger partial charge in [-0.1, -0.05) is 18.2 Å². The summed E-state index contributed by atoms with van der Waals surface area (Å²) >= 11 is 0. The minimum absolute atomic E-state index is 0.0316. The van der Waals surface area contributed by atoms with Crippen LogP contribution in [0.25, 0.3) is 21.9 Å². The number of hydrogen-bond acceptors (Lipinski definition) is 7. The number of likely N-dealkylation sites (tertiary alicyclic amines) is 1. The molecule has 7 rings (SSSR count). The Bertz CT molecular complexity index is 1810. The van der Waals surface area contributed by atoms with Crippen molar-refractivity contribution in [1.29, 1.82) is 0 Å². The summed E-state index contributed by atoms with van der Waals surface area (Å²) in [6, 6.07) is 17.7. The molecule has 1 spiro atoms. The molecule has 0 bridgehead atoms. The van der Waals surface area contributed by atoms with E-state index in [1.165, 1.54) is 12.1 Å². The van der Waals surface area contributed by atoms with Crippen LogP contribution in [0.1, 0.15) is 70.0 Å². The molecule has 3 heterocycles. The molecule has 8 nitrogen and oxygen atoms in total. The number of amides is 1. The van der Waals surface area contributed by atoms with Gasteiger partial charge in [0.2, 0.25) is 5.91 Å². The number of halogens is 1. The van der Waals surface area contributed by atoms with Gasteiger partial charge in [0.25, 0.3) is 0 Å². The van der Waals surface area contributed by atoms with Gasteiger partial charge in [0.1, 0.15) is 17.1 Å². The highest BCUT2D eigenvalue weighted by atomic mass is 19.3. The highest BCUT2D eigenvalue weighted by molar-refractivity contribution is 6.02. The molecule has 224 valence electrons. The maximum atomic E-state index is 13.4. The van der Waals surface area contributed by atoms with Crippen LogP contribution in [0.3, 0.4) is 0 Å².